The molecule has 0 N–H and O–H groups in total. The molecule has 0 aliphatic heterocycles. The lowest BCUT2D eigenvalue weighted by atomic mass is 10.1. The number of hydrogen-bond acceptors (Lipinski definition) is 7. The number of ether oxygens (including phenoxy) is 3. The van der Waals surface area contributed by atoms with Crippen molar-refractivity contribution in [2.75, 3.05) is 27.1 Å². The maximum absolute atomic E-state index is 12.4. The van der Waals surface area contributed by atoms with Crippen LogP contribution in [0.4, 0.5) is 0 Å². The minimum absolute atomic E-state index is 0.168. The minimum Gasteiger partial charge on any atom is -0.497 e. The quantitative estimate of drug-likeness (QED) is 0.502. The van der Waals surface area contributed by atoms with Gasteiger partial charge in [-0.1, -0.05) is 12.1 Å². The van der Waals surface area contributed by atoms with Crippen molar-refractivity contribution in [2.45, 2.75) is 5.75 Å². The maximum atomic E-state index is 12.4. The first kappa shape index (κ1) is 20.4. The Kier molecular flexibility index (Phi) is 6.57. The Labute approximate surface area is 157 Å². The van der Waals surface area contributed by atoms with Gasteiger partial charge in [0.1, 0.15) is 11.5 Å². The van der Waals surface area contributed by atoms with Gasteiger partial charge in [0.25, 0.3) is 0 Å². The highest BCUT2D eigenvalue weighted by molar-refractivity contribution is 7.89. The first-order valence-corrected chi connectivity index (χ1v) is 9.98. The molecule has 0 heterocycles. The van der Waals surface area contributed by atoms with Crippen molar-refractivity contribution >= 4 is 21.6 Å². The fourth-order valence-electron chi connectivity index (χ4n) is 2.41. The molecule has 0 aliphatic rings. The standard InChI is InChI=1S/C19H20O7S/c1-24-15-7-8-18(25-2)16(10-15)17(20)11-26-19(21)14-6-4-5-13(9-14)12-27(3,22)23/h4-10H,11-12H2,1-3H3. The van der Waals surface area contributed by atoms with Crippen LogP contribution in [0.25, 0.3) is 0 Å². The number of methoxy groups -OCH3 is 2. The van der Waals surface area contributed by atoms with Crippen molar-refractivity contribution in [1.82, 2.24) is 0 Å². The summed E-state index contributed by atoms with van der Waals surface area (Å²) < 4.78 is 38.1. The van der Waals surface area contributed by atoms with Gasteiger partial charge in [0.2, 0.25) is 5.78 Å². The number of esters is 1. The largest absolute Gasteiger partial charge is 0.497 e. The smallest absolute Gasteiger partial charge is 0.338 e. The molecular weight excluding hydrogens is 372 g/mol. The second-order valence-electron chi connectivity index (χ2n) is 5.84. The van der Waals surface area contributed by atoms with E-state index in [9.17, 15) is 18.0 Å². The van der Waals surface area contributed by atoms with E-state index in [2.05, 4.69) is 0 Å². The van der Waals surface area contributed by atoms with Crippen LogP contribution < -0.4 is 9.47 Å². The van der Waals surface area contributed by atoms with E-state index in [1.165, 1.54) is 32.4 Å². The summed E-state index contributed by atoms with van der Waals surface area (Å²) in [6.07, 6.45) is 1.11. The second kappa shape index (κ2) is 8.68. The number of benzene rings is 2. The molecule has 144 valence electrons. The molecule has 0 aliphatic carbocycles. The van der Waals surface area contributed by atoms with Gasteiger partial charge in [-0.2, -0.15) is 0 Å². The molecule has 0 spiro atoms. The van der Waals surface area contributed by atoms with Crippen molar-refractivity contribution in [3.05, 3.63) is 59.2 Å². The van der Waals surface area contributed by atoms with Gasteiger partial charge < -0.3 is 14.2 Å². The Balaban J connectivity index is 2.09. The van der Waals surface area contributed by atoms with Crippen molar-refractivity contribution in [2.24, 2.45) is 0 Å². The lowest BCUT2D eigenvalue weighted by Crippen LogP contribution is -2.15. The average molecular weight is 392 g/mol. The number of hydrogen-bond donors (Lipinski definition) is 0. The second-order valence-corrected chi connectivity index (χ2v) is 7.98. The van der Waals surface area contributed by atoms with Gasteiger partial charge in [-0.15, -0.1) is 0 Å². The van der Waals surface area contributed by atoms with Crippen LogP contribution in [0.3, 0.4) is 0 Å². The van der Waals surface area contributed by atoms with Gasteiger partial charge in [0.05, 0.1) is 31.1 Å². The van der Waals surface area contributed by atoms with Crippen LogP contribution >= 0.6 is 0 Å². The molecule has 7 nitrogen and oxygen atoms in total. The molecule has 8 heteroatoms. The SMILES string of the molecule is COc1ccc(OC)c(C(=O)COC(=O)c2cccc(CS(C)(=O)=O)c2)c1. The van der Waals surface area contributed by atoms with Gasteiger partial charge in [-0.3, -0.25) is 4.79 Å². The monoisotopic (exact) mass is 392 g/mol. The lowest BCUT2D eigenvalue weighted by molar-refractivity contribution is 0.0474. The molecule has 0 unspecified atom stereocenters. The number of sulfone groups is 1. The predicted molar refractivity (Wildman–Crippen MR) is 99.1 cm³/mol. The van der Waals surface area contributed by atoms with E-state index in [0.717, 1.165) is 6.26 Å². The summed E-state index contributed by atoms with van der Waals surface area (Å²) in [6, 6.07) is 10.8. The Hall–Kier alpha value is -2.87. The number of carbonyl (C=O) groups is 2. The number of Topliss-reactive ketones (excluding diaryl/α,β-unsaturated/α-hetero) is 1. The van der Waals surface area contributed by atoms with Crippen LogP contribution in [0.1, 0.15) is 26.3 Å². The van der Waals surface area contributed by atoms with E-state index in [4.69, 9.17) is 14.2 Å². The van der Waals surface area contributed by atoms with E-state index in [1.807, 2.05) is 0 Å². The van der Waals surface area contributed by atoms with Crippen molar-refractivity contribution in [1.29, 1.82) is 0 Å². The molecule has 0 aromatic heterocycles. The molecule has 27 heavy (non-hydrogen) atoms. The minimum atomic E-state index is -3.23. The van der Waals surface area contributed by atoms with E-state index >= 15 is 0 Å². The molecule has 0 saturated heterocycles. The third-order valence-electron chi connectivity index (χ3n) is 3.63. The van der Waals surface area contributed by atoms with E-state index in [1.54, 1.807) is 24.3 Å². The first-order chi connectivity index (χ1) is 12.7. The highest BCUT2D eigenvalue weighted by atomic mass is 32.2. The van der Waals surface area contributed by atoms with Gasteiger partial charge >= 0.3 is 5.97 Å². The summed E-state index contributed by atoms with van der Waals surface area (Å²) in [5, 5.41) is 0. The van der Waals surface area contributed by atoms with Gasteiger partial charge in [-0.05, 0) is 35.9 Å². The lowest BCUT2D eigenvalue weighted by Gasteiger charge is -2.10. The topological polar surface area (TPSA) is 96.0 Å². The molecule has 2 rings (SSSR count). The van der Waals surface area contributed by atoms with Crippen molar-refractivity contribution < 1.29 is 32.2 Å². The summed E-state index contributed by atoms with van der Waals surface area (Å²) in [5.41, 5.74) is 0.866. The van der Waals surface area contributed by atoms with E-state index in [-0.39, 0.29) is 16.9 Å². The summed E-state index contributed by atoms with van der Waals surface area (Å²) in [7, 11) is -0.327. The van der Waals surface area contributed by atoms with E-state index in [0.29, 0.717) is 17.1 Å². The fourth-order valence-corrected chi connectivity index (χ4v) is 3.20. The molecule has 0 fully saturated rings. The van der Waals surface area contributed by atoms with Crippen LogP contribution in [0.15, 0.2) is 42.5 Å². The summed E-state index contributed by atoms with van der Waals surface area (Å²) in [4.78, 5) is 24.6. The van der Waals surface area contributed by atoms with Gasteiger partial charge in [-0.25, -0.2) is 13.2 Å². The molecule has 0 saturated carbocycles. The van der Waals surface area contributed by atoms with Crippen LogP contribution in [-0.2, 0) is 20.3 Å². The van der Waals surface area contributed by atoms with Crippen LogP contribution in [0.5, 0.6) is 11.5 Å². The Bertz CT molecular complexity index is 948. The van der Waals surface area contributed by atoms with Crippen molar-refractivity contribution in [3.63, 3.8) is 0 Å². The third kappa shape index (κ3) is 5.82. The third-order valence-corrected chi connectivity index (χ3v) is 4.49. The summed E-state index contributed by atoms with van der Waals surface area (Å²) in [6.45, 7) is -0.487. The Morgan fingerprint density at radius 1 is 1.00 bits per heavy atom. The maximum Gasteiger partial charge on any atom is 0.338 e. The van der Waals surface area contributed by atoms with Crippen LogP contribution in [-0.4, -0.2) is 47.3 Å². The number of rotatable bonds is 8. The molecule has 0 bridgehead atoms. The van der Waals surface area contributed by atoms with Gasteiger partial charge in [0, 0.05) is 6.26 Å². The molecule has 2 aromatic rings. The molecule has 0 atom stereocenters. The molecule has 0 radical (unpaired) electrons. The summed E-state index contributed by atoms with van der Waals surface area (Å²) in [5.74, 6) is -0.549. The molecular formula is C19H20O7S. The van der Waals surface area contributed by atoms with Gasteiger partial charge in [0.15, 0.2) is 16.4 Å². The zero-order chi connectivity index (χ0) is 20.0. The highest BCUT2D eigenvalue weighted by Gasteiger charge is 2.17. The Morgan fingerprint density at radius 3 is 2.37 bits per heavy atom. The zero-order valence-electron chi connectivity index (χ0n) is 15.2. The first-order valence-electron chi connectivity index (χ1n) is 7.92. The average Bonchev–Trinajstić information content (AvgIpc) is 2.64. The normalized spacial score (nSPS) is 10.9. The number of ketones is 1. The molecule has 0 amide bonds. The predicted octanol–water partition coefficient (Wildman–Crippen LogP) is 2.29. The van der Waals surface area contributed by atoms with E-state index < -0.39 is 28.2 Å². The zero-order valence-corrected chi connectivity index (χ0v) is 16.0. The van der Waals surface area contributed by atoms with Crippen LogP contribution in [0, 0.1) is 0 Å². The van der Waals surface area contributed by atoms with Crippen LogP contribution in [0.2, 0.25) is 0 Å². The van der Waals surface area contributed by atoms with Crippen molar-refractivity contribution in [3.8, 4) is 11.5 Å². The Morgan fingerprint density at radius 2 is 1.74 bits per heavy atom. The highest BCUT2D eigenvalue weighted by Crippen LogP contribution is 2.24. The molecule has 2 aromatic carbocycles. The number of carbonyl (C=O) groups excluding carboxylic acids is 2. The fraction of sp³-hybridized carbons (Fsp3) is 0.263. The summed E-state index contributed by atoms with van der Waals surface area (Å²) >= 11 is 0.